The van der Waals surface area contributed by atoms with Gasteiger partial charge in [0.2, 0.25) is 0 Å². The molecule has 0 N–H and O–H groups in total. The molecule has 2 fully saturated rings. The van der Waals surface area contributed by atoms with Gasteiger partial charge in [0.1, 0.15) is 6.11 Å². The third kappa shape index (κ3) is 2.78. The predicted octanol–water partition coefficient (Wildman–Crippen LogP) is 4.28. The van der Waals surface area contributed by atoms with Gasteiger partial charge >= 0.3 is 0 Å². The number of hydrogen-bond donors (Lipinski definition) is 0. The largest absolute Gasteiger partial charge is 0.477 e. The van der Waals surface area contributed by atoms with Crippen LogP contribution in [0.5, 0.6) is 11.5 Å². The molecule has 6 rings (SSSR count). The van der Waals surface area contributed by atoms with Gasteiger partial charge in [-0.3, -0.25) is 4.79 Å². The van der Waals surface area contributed by atoms with Gasteiger partial charge in [0, 0.05) is 30.0 Å². The van der Waals surface area contributed by atoms with Gasteiger partial charge in [-0.2, -0.15) is 0 Å². The minimum atomic E-state index is -0.560. The summed E-state index contributed by atoms with van der Waals surface area (Å²) in [4.78, 5) is 15.7. The fourth-order valence-corrected chi connectivity index (χ4v) is 7.03. The summed E-state index contributed by atoms with van der Waals surface area (Å²) in [6.07, 6.45) is 4.90. The molecule has 0 amide bonds. The fraction of sp³-hybridized carbons (Fsp3) is 0.444. The maximum atomic E-state index is 13.3. The average molecular weight is 464 g/mol. The Morgan fingerprint density at radius 3 is 2.97 bits per heavy atom. The Morgan fingerprint density at radius 1 is 1.27 bits per heavy atom. The number of hydrogen-bond acceptors (Lipinski definition) is 5. The molecule has 2 heterocycles. The van der Waals surface area contributed by atoms with Crippen LogP contribution in [0, 0.1) is 12.0 Å². The Hall–Kier alpha value is -2.52. The molecule has 1 unspecified atom stereocenters. The number of likely N-dealkylation sites (tertiary alicyclic amines) is 1. The third-order valence-electron chi connectivity index (χ3n) is 8.12. The normalized spacial score (nSPS) is 31.3. The summed E-state index contributed by atoms with van der Waals surface area (Å²) in [5, 5.41) is 0.695. The van der Waals surface area contributed by atoms with Crippen molar-refractivity contribution in [3.05, 3.63) is 58.1 Å². The first-order valence-corrected chi connectivity index (χ1v) is 11.9. The van der Waals surface area contributed by atoms with Crippen LogP contribution in [-0.2, 0) is 28.0 Å². The van der Waals surface area contributed by atoms with Gasteiger partial charge in [-0.1, -0.05) is 35.7 Å². The lowest BCUT2D eigenvalue weighted by molar-refractivity contribution is -0.215. The molecule has 5 nitrogen and oxygen atoms in total. The van der Waals surface area contributed by atoms with Crippen LogP contribution in [0.25, 0.3) is 0 Å². The molecule has 0 radical (unpaired) electrons. The summed E-state index contributed by atoms with van der Waals surface area (Å²) in [7, 11) is 2.17. The van der Waals surface area contributed by atoms with Crippen LogP contribution in [-0.4, -0.2) is 42.0 Å². The van der Waals surface area contributed by atoms with Gasteiger partial charge in [0.15, 0.2) is 23.4 Å². The maximum absolute atomic E-state index is 13.3. The Morgan fingerprint density at radius 2 is 2.15 bits per heavy atom. The highest BCUT2D eigenvalue weighted by Crippen LogP contribution is 2.66. The number of benzene rings is 2. The highest BCUT2D eigenvalue weighted by atomic mass is 35.5. The minimum Gasteiger partial charge on any atom is -0.477 e. The summed E-state index contributed by atoms with van der Waals surface area (Å²) in [5.74, 6) is 4.19. The van der Waals surface area contributed by atoms with Crippen LogP contribution in [0.4, 0.5) is 0 Å². The fourth-order valence-electron chi connectivity index (χ4n) is 6.81. The lowest BCUT2D eigenvalue weighted by Gasteiger charge is -2.64. The van der Waals surface area contributed by atoms with Gasteiger partial charge in [-0.05, 0) is 62.2 Å². The predicted molar refractivity (Wildman–Crippen MR) is 125 cm³/mol. The van der Waals surface area contributed by atoms with Crippen molar-refractivity contribution in [1.29, 1.82) is 0 Å². The van der Waals surface area contributed by atoms with Crippen molar-refractivity contribution in [1.82, 2.24) is 4.90 Å². The van der Waals surface area contributed by atoms with Gasteiger partial charge in [-0.25, -0.2) is 0 Å². The van der Waals surface area contributed by atoms with Crippen LogP contribution in [0.15, 0.2) is 36.4 Å². The number of piperidine rings is 1. The maximum Gasteiger partial charge on any atom is 0.182 e. The Balaban J connectivity index is 1.52. The zero-order valence-corrected chi connectivity index (χ0v) is 19.6. The highest BCUT2D eigenvalue weighted by Gasteiger charge is 2.74. The minimum absolute atomic E-state index is 0.150. The second-order valence-corrected chi connectivity index (χ2v) is 10.0. The molecule has 33 heavy (non-hydrogen) atoms. The first kappa shape index (κ1) is 21.0. The molecule has 1 spiro atoms. The van der Waals surface area contributed by atoms with E-state index in [1.54, 1.807) is 6.92 Å². The van der Waals surface area contributed by atoms with Gasteiger partial charge in [0.25, 0.3) is 0 Å². The number of rotatable bonds is 4. The summed E-state index contributed by atoms with van der Waals surface area (Å²) in [6.45, 7) is 3.06. The monoisotopic (exact) mass is 463 g/mol. The van der Waals surface area contributed by atoms with Crippen molar-refractivity contribution in [3.8, 4) is 23.5 Å². The van der Waals surface area contributed by atoms with Gasteiger partial charge in [0.05, 0.1) is 17.6 Å². The van der Waals surface area contributed by atoms with E-state index in [9.17, 15) is 4.79 Å². The molecule has 2 aliphatic carbocycles. The van der Waals surface area contributed by atoms with E-state index in [2.05, 4.69) is 30.0 Å². The molecule has 0 aromatic heterocycles. The number of carbonyl (C=O) groups excluding carboxylic acids is 1. The van der Waals surface area contributed by atoms with Crippen molar-refractivity contribution >= 4 is 17.4 Å². The Labute approximate surface area is 199 Å². The molecule has 2 bridgehead atoms. The lowest BCUT2D eigenvalue weighted by Crippen LogP contribution is -2.76. The molecule has 4 aliphatic rings. The number of likely N-dealkylation sites (N-methyl/N-ethyl adjacent to an activating group) is 1. The molecule has 2 aliphatic heterocycles. The van der Waals surface area contributed by atoms with E-state index in [4.69, 9.17) is 25.8 Å². The van der Waals surface area contributed by atoms with Gasteiger partial charge < -0.3 is 19.1 Å². The number of ether oxygens (including phenoxy) is 3. The van der Waals surface area contributed by atoms with Gasteiger partial charge in [-0.15, -0.1) is 0 Å². The second-order valence-electron chi connectivity index (χ2n) is 9.58. The summed E-state index contributed by atoms with van der Waals surface area (Å²) in [5.41, 5.74) is 2.29. The number of halogens is 1. The molecule has 170 valence electrons. The Kier molecular flexibility index (Phi) is 4.78. The van der Waals surface area contributed by atoms with E-state index in [1.165, 1.54) is 5.56 Å². The van der Waals surface area contributed by atoms with E-state index in [1.807, 2.05) is 30.3 Å². The van der Waals surface area contributed by atoms with Crippen molar-refractivity contribution in [2.24, 2.45) is 0 Å². The van der Waals surface area contributed by atoms with Crippen LogP contribution < -0.4 is 9.47 Å². The zero-order chi connectivity index (χ0) is 22.8. The number of carbonyl (C=O) groups is 1. The molecule has 1 saturated carbocycles. The van der Waals surface area contributed by atoms with E-state index >= 15 is 0 Å². The van der Waals surface area contributed by atoms with Crippen molar-refractivity contribution in [2.75, 3.05) is 13.6 Å². The zero-order valence-electron chi connectivity index (χ0n) is 18.8. The summed E-state index contributed by atoms with van der Waals surface area (Å²) >= 11 is 6.24. The standard InChI is InChI=1S/C27H26ClNO4/c1-3-13-31-21-8-7-18-15-22-27(32-16-17-5-4-6-19(28)14-17)10-9-20(30)25-26(27,11-12-29(22)2)23(18)24(21)33-25/h4-8,14,22,25H,9-12,15-16H2,1-2H3/t22?,25-,26-,27+/m0/s1. The molecular formula is C27H26ClNO4. The van der Waals surface area contributed by atoms with E-state index < -0.39 is 17.1 Å². The molecule has 2 aromatic carbocycles. The van der Waals surface area contributed by atoms with Crippen LogP contribution in [0.1, 0.15) is 42.9 Å². The number of nitrogens with zero attached hydrogens (tertiary/aromatic N) is 1. The smallest absolute Gasteiger partial charge is 0.182 e. The number of ketones is 1. The first-order valence-electron chi connectivity index (χ1n) is 11.5. The molecule has 2 aromatic rings. The van der Waals surface area contributed by atoms with E-state index in [0.717, 1.165) is 30.5 Å². The van der Waals surface area contributed by atoms with Crippen molar-refractivity contribution < 1.29 is 19.0 Å². The molecular weight excluding hydrogens is 438 g/mol. The van der Waals surface area contributed by atoms with E-state index in [-0.39, 0.29) is 11.8 Å². The topological polar surface area (TPSA) is 48.0 Å². The summed E-state index contributed by atoms with van der Waals surface area (Å²) in [6, 6.07) is 12.0. The quantitative estimate of drug-likeness (QED) is 0.633. The number of Topliss-reactive ketones (excluding diaryl/α,β-unsaturated/α-hetero) is 1. The third-order valence-corrected chi connectivity index (χ3v) is 8.35. The molecule has 6 heteroatoms. The molecule has 4 atom stereocenters. The first-order chi connectivity index (χ1) is 16.0. The SMILES string of the molecule is CC#COc1ccc2c3c1O[C@H]1C(=O)CC[C@@]4(OCc5cccc(Cl)c5)C(C2)N(C)CC[C@]314. The van der Waals surface area contributed by atoms with E-state index in [0.29, 0.717) is 36.0 Å². The van der Waals surface area contributed by atoms with Crippen LogP contribution in [0.3, 0.4) is 0 Å². The summed E-state index contributed by atoms with van der Waals surface area (Å²) < 4.78 is 19.2. The van der Waals surface area contributed by atoms with Crippen molar-refractivity contribution in [2.45, 2.75) is 62.4 Å². The average Bonchev–Trinajstić information content (AvgIpc) is 3.17. The Bertz CT molecular complexity index is 1220. The van der Waals surface area contributed by atoms with Crippen LogP contribution in [0.2, 0.25) is 5.02 Å². The highest BCUT2D eigenvalue weighted by molar-refractivity contribution is 6.30. The lowest BCUT2D eigenvalue weighted by atomic mass is 9.49. The second kappa shape index (κ2) is 7.50. The molecule has 1 saturated heterocycles. The van der Waals surface area contributed by atoms with Crippen LogP contribution >= 0.6 is 11.6 Å². The van der Waals surface area contributed by atoms with Crippen molar-refractivity contribution in [3.63, 3.8) is 0 Å².